The number of nitrogens with zero attached hydrogens (tertiary/aromatic N) is 2. The van der Waals surface area contributed by atoms with Crippen LogP contribution in [0.4, 0.5) is 0 Å². The smallest absolute Gasteiger partial charge is 0.337 e. The molecule has 0 aromatic heterocycles. The number of Topliss-reactive ketones (excluding diaryl/α,β-unsaturated/α-hetero) is 1. The standard InChI is InChI=1S/C25H25ClN2O7/c1-34-25(33)16-4-2-15(3-5-16)21-20(22(30)18-14-17(26)6-7-19(18)29)23(31)24(32)28(21)9-8-27-10-12-35-13-11-27/h2-7,14,21,29-30H,8-13H2,1H3/t21-/m0/s1. The number of aromatic hydroxyl groups is 1. The Kier molecular flexibility index (Phi) is 7.39. The fourth-order valence-corrected chi connectivity index (χ4v) is 4.47. The Hall–Kier alpha value is -3.40. The summed E-state index contributed by atoms with van der Waals surface area (Å²) in [7, 11) is 1.27. The van der Waals surface area contributed by atoms with E-state index in [-0.39, 0.29) is 28.5 Å². The van der Waals surface area contributed by atoms with Gasteiger partial charge in [0.25, 0.3) is 11.7 Å². The van der Waals surface area contributed by atoms with E-state index in [0.29, 0.717) is 44.0 Å². The summed E-state index contributed by atoms with van der Waals surface area (Å²) >= 11 is 6.04. The van der Waals surface area contributed by atoms with E-state index in [1.165, 1.54) is 42.3 Å². The number of rotatable bonds is 6. The zero-order valence-corrected chi connectivity index (χ0v) is 19.8. The second-order valence-corrected chi connectivity index (χ2v) is 8.66. The number of hydrogen-bond donors (Lipinski definition) is 2. The van der Waals surface area contributed by atoms with E-state index in [9.17, 15) is 24.6 Å². The Labute approximate surface area is 207 Å². The molecule has 9 nitrogen and oxygen atoms in total. The summed E-state index contributed by atoms with van der Waals surface area (Å²) < 4.78 is 10.1. The van der Waals surface area contributed by atoms with Crippen molar-refractivity contribution in [1.29, 1.82) is 0 Å². The molecule has 2 aromatic rings. The Morgan fingerprint density at radius 3 is 2.46 bits per heavy atom. The van der Waals surface area contributed by atoms with E-state index in [0.717, 1.165) is 0 Å². The molecule has 0 unspecified atom stereocenters. The quantitative estimate of drug-likeness (QED) is 0.269. The fraction of sp³-hybridized carbons (Fsp3) is 0.320. The van der Waals surface area contributed by atoms with Gasteiger partial charge in [-0.05, 0) is 35.9 Å². The lowest BCUT2D eigenvalue weighted by atomic mass is 9.94. The van der Waals surface area contributed by atoms with Crippen LogP contribution >= 0.6 is 11.6 Å². The maximum atomic E-state index is 13.2. The number of phenolic OH excluding ortho intramolecular Hbond substituents is 1. The maximum Gasteiger partial charge on any atom is 0.337 e. The number of likely N-dealkylation sites (tertiary alicyclic amines) is 1. The number of aliphatic hydroxyl groups excluding tert-OH is 1. The number of benzene rings is 2. The Morgan fingerprint density at radius 1 is 1.11 bits per heavy atom. The number of ether oxygens (including phenoxy) is 2. The van der Waals surface area contributed by atoms with Gasteiger partial charge in [-0.3, -0.25) is 14.5 Å². The Balaban J connectivity index is 1.77. The van der Waals surface area contributed by atoms with Crippen molar-refractivity contribution >= 4 is 35.0 Å². The van der Waals surface area contributed by atoms with Crippen molar-refractivity contribution in [3.8, 4) is 5.75 Å². The molecule has 4 rings (SSSR count). The molecule has 0 saturated carbocycles. The largest absolute Gasteiger partial charge is 0.507 e. The summed E-state index contributed by atoms with van der Waals surface area (Å²) in [5.41, 5.74) is 0.594. The molecule has 1 amide bonds. The van der Waals surface area contributed by atoms with Crippen LogP contribution in [0.25, 0.3) is 5.76 Å². The highest BCUT2D eigenvalue weighted by atomic mass is 35.5. The van der Waals surface area contributed by atoms with Gasteiger partial charge in [0.2, 0.25) is 0 Å². The number of carbonyl (C=O) groups is 3. The summed E-state index contributed by atoms with van der Waals surface area (Å²) in [4.78, 5) is 41.7. The molecule has 0 spiro atoms. The second-order valence-electron chi connectivity index (χ2n) is 8.22. The minimum atomic E-state index is -0.930. The summed E-state index contributed by atoms with van der Waals surface area (Å²) in [6.07, 6.45) is 0. The number of hydrogen-bond acceptors (Lipinski definition) is 8. The molecule has 2 heterocycles. The topological polar surface area (TPSA) is 117 Å². The molecule has 2 N–H and O–H groups in total. The summed E-state index contributed by atoms with van der Waals surface area (Å²) in [6.45, 7) is 3.33. The highest BCUT2D eigenvalue weighted by molar-refractivity contribution is 6.46. The van der Waals surface area contributed by atoms with Crippen molar-refractivity contribution in [3.63, 3.8) is 0 Å². The van der Waals surface area contributed by atoms with E-state index in [4.69, 9.17) is 21.1 Å². The molecule has 35 heavy (non-hydrogen) atoms. The van der Waals surface area contributed by atoms with Crippen molar-refractivity contribution in [2.24, 2.45) is 0 Å². The number of methoxy groups -OCH3 is 1. The fourth-order valence-electron chi connectivity index (χ4n) is 4.29. The molecule has 0 bridgehead atoms. The average Bonchev–Trinajstić information content (AvgIpc) is 3.13. The minimum absolute atomic E-state index is 0.0557. The Bertz CT molecular complexity index is 1170. The third-order valence-electron chi connectivity index (χ3n) is 6.16. The van der Waals surface area contributed by atoms with Crippen LogP contribution in [-0.2, 0) is 19.1 Å². The molecule has 1 atom stereocenters. The molecule has 184 valence electrons. The lowest BCUT2D eigenvalue weighted by Crippen LogP contribution is -2.42. The summed E-state index contributed by atoms with van der Waals surface area (Å²) in [6, 6.07) is 9.40. The van der Waals surface area contributed by atoms with Gasteiger partial charge in [-0.15, -0.1) is 0 Å². The Morgan fingerprint density at radius 2 is 1.80 bits per heavy atom. The van der Waals surface area contributed by atoms with Gasteiger partial charge in [-0.2, -0.15) is 0 Å². The van der Waals surface area contributed by atoms with Crippen molar-refractivity contribution in [3.05, 3.63) is 69.8 Å². The average molecular weight is 501 g/mol. The number of phenols is 1. The van der Waals surface area contributed by atoms with Crippen molar-refractivity contribution in [2.75, 3.05) is 46.5 Å². The number of esters is 1. The molecule has 2 saturated heterocycles. The number of amides is 1. The number of morpholine rings is 1. The van der Waals surface area contributed by atoms with Crippen LogP contribution in [0.15, 0.2) is 48.0 Å². The second kappa shape index (κ2) is 10.5. The lowest BCUT2D eigenvalue weighted by molar-refractivity contribution is -0.140. The van der Waals surface area contributed by atoms with E-state index < -0.39 is 29.5 Å². The lowest BCUT2D eigenvalue weighted by Gasteiger charge is -2.31. The summed E-state index contributed by atoms with van der Waals surface area (Å²) in [5, 5.41) is 21.7. The highest BCUT2D eigenvalue weighted by Crippen LogP contribution is 2.41. The first-order chi connectivity index (χ1) is 16.8. The van der Waals surface area contributed by atoms with Crippen molar-refractivity contribution in [2.45, 2.75) is 6.04 Å². The molecule has 2 aromatic carbocycles. The van der Waals surface area contributed by atoms with Gasteiger partial charge in [-0.1, -0.05) is 23.7 Å². The first-order valence-electron chi connectivity index (χ1n) is 11.1. The maximum absolute atomic E-state index is 13.2. The molecule has 0 radical (unpaired) electrons. The van der Waals surface area contributed by atoms with Crippen LogP contribution < -0.4 is 0 Å². The predicted molar refractivity (Wildman–Crippen MR) is 127 cm³/mol. The first-order valence-corrected chi connectivity index (χ1v) is 11.4. The molecule has 2 fully saturated rings. The van der Waals surface area contributed by atoms with Gasteiger partial charge in [0, 0.05) is 31.2 Å². The first kappa shape index (κ1) is 24.7. The molecule has 2 aliphatic rings. The monoisotopic (exact) mass is 500 g/mol. The highest BCUT2D eigenvalue weighted by Gasteiger charge is 2.46. The van der Waals surface area contributed by atoms with Gasteiger partial charge in [0.15, 0.2) is 0 Å². The van der Waals surface area contributed by atoms with E-state index >= 15 is 0 Å². The van der Waals surface area contributed by atoms with Gasteiger partial charge < -0.3 is 24.6 Å². The predicted octanol–water partition coefficient (Wildman–Crippen LogP) is 2.59. The molecular formula is C25H25ClN2O7. The number of halogens is 1. The van der Waals surface area contributed by atoms with Crippen LogP contribution in [0.3, 0.4) is 0 Å². The molecule has 0 aliphatic carbocycles. The van der Waals surface area contributed by atoms with Crippen LogP contribution in [-0.4, -0.2) is 84.2 Å². The number of aliphatic hydroxyl groups is 1. The normalized spacial score (nSPS) is 20.3. The van der Waals surface area contributed by atoms with Gasteiger partial charge in [-0.25, -0.2) is 4.79 Å². The van der Waals surface area contributed by atoms with E-state index in [1.807, 2.05) is 0 Å². The molecule has 10 heteroatoms. The van der Waals surface area contributed by atoms with Gasteiger partial charge >= 0.3 is 5.97 Å². The van der Waals surface area contributed by atoms with Crippen LogP contribution in [0.5, 0.6) is 5.75 Å². The van der Waals surface area contributed by atoms with Crippen LogP contribution in [0, 0.1) is 0 Å². The van der Waals surface area contributed by atoms with Crippen LogP contribution in [0.2, 0.25) is 5.02 Å². The van der Waals surface area contributed by atoms with E-state index in [2.05, 4.69) is 4.90 Å². The van der Waals surface area contributed by atoms with Crippen molar-refractivity contribution in [1.82, 2.24) is 9.80 Å². The zero-order chi connectivity index (χ0) is 25.1. The minimum Gasteiger partial charge on any atom is -0.507 e. The zero-order valence-electron chi connectivity index (χ0n) is 19.1. The van der Waals surface area contributed by atoms with E-state index in [1.54, 1.807) is 12.1 Å². The van der Waals surface area contributed by atoms with Crippen molar-refractivity contribution < 1.29 is 34.1 Å². The molecular weight excluding hydrogens is 476 g/mol. The third-order valence-corrected chi connectivity index (χ3v) is 6.40. The van der Waals surface area contributed by atoms with Gasteiger partial charge in [0.1, 0.15) is 11.5 Å². The summed E-state index contributed by atoms with van der Waals surface area (Å²) in [5.74, 6) is -2.97. The van der Waals surface area contributed by atoms with Crippen LogP contribution in [0.1, 0.15) is 27.5 Å². The van der Waals surface area contributed by atoms with Gasteiger partial charge in [0.05, 0.1) is 43.1 Å². The number of carbonyl (C=O) groups excluding carboxylic acids is 3. The number of ketones is 1. The molecule has 2 aliphatic heterocycles. The third kappa shape index (κ3) is 5.02. The SMILES string of the molecule is COC(=O)c1ccc([C@H]2C(=C(O)c3cc(Cl)ccc3O)C(=O)C(=O)N2CCN2CCOCC2)cc1.